The number of nitrogens with zero attached hydrogens (tertiary/aromatic N) is 4. The molecule has 3 aromatic rings. The predicted molar refractivity (Wildman–Crippen MR) is 109 cm³/mol. The first-order chi connectivity index (χ1) is 13.0. The maximum atomic E-state index is 12.8. The van der Waals surface area contributed by atoms with Gasteiger partial charge in [0.1, 0.15) is 0 Å². The highest BCUT2D eigenvalue weighted by atomic mass is 32.1. The molecule has 0 bridgehead atoms. The largest absolute Gasteiger partial charge is 0.335 e. The quantitative estimate of drug-likeness (QED) is 0.673. The Hall–Kier alpha value is -2.03. The van der Waals surface area contributed by atoms with Gasteiger partial charge in [-0.15, -0.1) is 22.7 Å². The second-order valence-corrected chi connectivity index (χ2v) is 8.88. The smallest absolute Gasteiger partial charge is 0.264 e. The van der Waals surface area contributed by atoms with E-state index in [0.717, 1.165) is 35.0 Å². The van der Waals surface area contributed by atoms with Gasteiger partial charge in [0, 0.05) is 55.2 Å². The van der Waals surface area contributed by atoms with Gasteiger partial charge in [0.25, 0.3) is 11.5 Å². The molecule has 1 fully saturated rings. The molecule has 0 atom stereocenters. The van der Waals surface area contributed by atoms with Crippen LogP contribution in [0.4, 0.5) is 0 Å². The zero-order chi connectivity index (χ0) is 19.0. The lowest BCUT2D eigenvalue weighted by Crippen LogP contribution is -2.48. The Morgan fingerprint density at radius 2 is 2.00 bits per heavy atom. The summed E-state index contributed by atoms with van der Waals surface area (Å²) in [6.45, 7) is 7.84. The van der Waals surface area contributed by atoms with E-state index in [1.54, 1.807) is 28.0 Å². The minimum absolute atomic E-state index is 0.0372. The van der Waals surface area contributed by atoms with Gasteiger partial charge < -0.3 is 4.90 Å². The summed E-state index contributed by atoms with van der Waals surface area (Å²) in [5.74, 6) is 0.138. The van der Waals surface area contributed by atoms with Crippen LogP contribution in [0.15, 0.2) is 28.5 Å². The zero-order valence-electron chi connectivity index (χ0n) is 15.5. The highest BCUT2D eigenvalue weighted by Crippen LogP contribution is 2.24. The van der Waals surface area contributed by atoms with E-state index < -0.39 is 0 Å². The monoisotopic (exact) mass is 402 g/mol. The number of thiazole rings is 1. The first kappa shape index (κ1) is 18.3. The van der Waals surface area contributed by atoms with E-state index in [2.05, 4.69) is 23.7 Å². The van der Waals surface area contributed by atoms with Gasteiger partial charge in [-0.3, -0.25) is 18.9 Å². The van der Waals surface area contributed by atoms with Gasteiger partial charge >= 0.3 is 0 Å². The molecule has 1 aliphatic rings. The third-order valence-electron chi connectivity index (χ3n) is 5.01. The number of aryl methyl sites for hydroxylation is 2. The van der Waals surface area contributed by atoms with Crippen molar-refractivity contribution in [3.05, 3.63) is 55.1 Å². The maximum absolute atomic E-state index is 12.8. The SMILES string of the molecule is CCc1cc(C(=O)N2CCN(Cc3cc(=O)n4ccsc4n3)CC2)sc1C. The fraction of sp³-hybridized carbons (Fsp3) is 0.421. The number of hydrogen-bond acceptors (Lipinski definition) is 6. The number of rotatable bonds is 4. The van der Waals surface area contributed by atoms with Gasteiger partial charge in [0.15, 0.2) is 4.96 Å². The van der Waals surface area contributed by atoms with Crippen molar-refractivity contribution in [2.75, 3.05) is 26.2 Å². The highest BCUT2D eigenvalue weighted by Gasteiger charge is 2.24. The number of amides is 1. The molecule has 142 valence electrons. The van der Waals surface area contributed by atoms with Crippen molar-refractivity contribution in [3.63, 3.8) is 0 Å². The van der Waals surface area contributed by atoms with Crippen molar-refractivity contribution >= 4 is 33.5 Å². The number of fused-ring (bicyclic) bond motifs is 1. The molecule has 0 saturated carbocycles. The first-order valence-electron chi connectivity index (χ1n) is 9.12. The number of hydrogen-bond donors (Lipinski definition) is 0. The molecule has 1 saturated heterocycles. The van der Waals surface area contributed by atoms with Crippen LogP contribution in [0.1, 0.15) is 32.7 Å². The van der Waals surface area contributed by atoms with Gasteiger partial charge in [-0.25, -0.2) is 4.98 Å². The Morgan fingerprint density at radius 3 is 2.70 bits per heavy atom. The highest BCUT2D eigenvalue weighted by molar-refractivity contribution is 7.15. The summed E-state index contributed by atoms with van der Waals surface area (Å²) < 4.78 is 1.57. The molecular weight excluding hydrogens is 380 g/mol. The van der Waals surface area contributed by atoms with Crippen LogP contribution in [0.5, 0.6) is 0 Å². The molecule has 4 rings (SSSR count). The normalized spacial score (nSPS) is 15.6. The standard InChI is InChI=1S/C19H22N4O2S2/c1-3-14-10-16(27-13(14)2)18(25)22-6-4-21(5-7-22)12-15-11-17(24)23-8-9-26-19(23)20-15/h8-11H,3-7,12H2,1-2H3. The van der Waals surface area contributed by atoms with Gasteiger partial charge in [-0.2, -0.15) is 0 Å². The maximum Gasteiger partial charge on any atom is 0.264 e. The molecule has 0 spiro atoms. The minimum atomic E-state index is -0.0372. The summed E-state index contributed by atoms with van der Waals surface area (Å²) in [5.41, 5.74) is 2.02. The minimum Gasteiger partial charge on any atom is -0.335 e. The van der Waals surface area contributed by atoms with Crippen LogP contribution < -0.4 is 5.56 Å². The molecule has 0 unspecified atom stereocenters. The summed E-state index contributed by atoms with van der Waals surface area (Å²) in [5, 5.41) is 1.87. The van der Waals surface area contributed by atoms with Crippen LogP contribution in [0, 0.1) is 6.92 Å². The van der Waals surface area contributed by atoms with Gasteiger partial charge in [0.2, 0.25) is 0 Å². The average molecular weight is 403 g/mol. The van der Waals surface area contributed by atoms with E-state index in [9.17, 15) is 9.59 Å². The van der Waals surface area contributed by atoms with Gasteiger partial charge in [0.05, 0.1) is 10.6 Å². The summed E-state index contributed by atoms with van der Waals surface area (Å²) in [4.78, 5) is 36.5. The second kappa shape index (κ2) is 7.53. The van der Waals surface area contributed by atoms with E-state index in [4.69, 9.17) is 0 Å². The van der Waals surface area contributed by atoms with Gasteiger partial charge in [-0.05, 0) is 25.0 Å². The molecule has 4 heterocycles. The summed E-state index contributed by atoms with van der Waals surface area (Å²) in [6, 6.07) is 3.65. The van der Waals surface area contributed by atoms with Gasteiger partial charge in [-0.1, -0.05) is 6.92 Å². The number of carbonyl (C=O) groups is 1. The predicted octanol–water partition coefficient (Wildman–Crippen LogP) is 2.65. The Kier molecular flexibility index (Phi) is 5.12. The Bertz CT molecular complexity index is 1030. The molecule has 0 aliphatic carbocycles. The fourth-order valence-electron chi connectivity index (χ4n) is 3.44. The molecule has 27 heavy (non-hydrogen) atoms. The summed E-state index contributed by atoms with van der Waals surface area (Å²) in [6.07, 6.45) is 2.71. The van der Waals surface area contributed by atoms with Crippen LogP contribution in [0.25, 0.3) is 4.96 Å². The van der Waals surface area contributed by atoms with Crippen LogP contribution >= 0.6 is 22.7 Å². The number of carbonyl (C=O) groups excluding carboxylic acids is 1. The molecule has 0 radical (unpaired) electrons. The van der Waals surface area contributed by atoms with E-state index >= 15 is 0 Å². The fourth-order valence-corrected chi connectivity index (χ4v) is 5.26. The number of thiophene rings is 1. The van der Waals surface area contributed by atoms with E-state index in [1.165, 1.54) is 21.8 Å². The third-order valence-corrected chi connectivity index (χ3v) is 6.85. The van der Waals surface area contributed by atoms with Crippen LogP contribution in [-0.2, 0) is 13.0 Å². The zero-order valence-corrected chi connectivity index (χ0v) is 17.1. The molecular formula is C19H22N4O2S2. The molecule has 0 aromatic carbocycles. The number of piperazine rings is 1. The first-order valence-corrected chi connectivity index (χ1v) is 10.8. The van der Waals surface area contributed by atoms with Crippen molar-refractivity contribution in [1.82, 2.24) is 19.2 Å². The summed E-state index contributed by atoms with van der Waals surface area (Å²) in [7, 11) is 0. The van der Waals surface area contributed by atoms with Crippen LogP contribution in [0.2, 0.25) is 0 Å². The van der Waals surface area contributed by atoms with Crippen molar-refractivity contribution in [2.24, 2.45) is 0 Å². The lowest BCUT2D eigenvalue weighted by molar-refractivity contribution is 0.0632. The Balaban J connectivity index is 1.39. The van der Waals surface area contributed by atoms with E-state index in [0.29, 0.717) is 19.6 Å². The van der Waals surface area contributed by atoms with Crippen molar-refractivity contribution in [3.8, 4) is 0 Å². The average Bonchev–Trinajstić information content (AvgIpc) is 3.28. The molecule has 6 nitrogen and oxygen atoms in total. The third kappa shape index (κ3) is 3.69. The lowest BCUT2D eigenvalue weighted by atomic mass is 10.2. The molecule has 1 aliphatic heterocycles. The summed E-state index contributed by atoms with van der Waals surface area (Å²) >= 11 is 3.06. The molecule has 8 heteroatoms. The van der Waals surface area contributed by atoms with E-state index in [-0.39, 0.29) is 11.5 Å². The second-order valence-electron chi connectivity index (χ2n) is 6.76. The Morgan fingerprint density at radius 1 is 1.22 bits per heavy atom. The topological polar surface area (TPSA) is 57.9 Å². The molecule has 1 amide bonds. The van der Waals surface area contributed by atoms with E-state index in [1.807, 2.05) is 16.3 Å². The Labute approximate surface area is 165 Å². The van der Waals surface area contributed by atoms with Crippen molar-refractivity contribution < 1.29 is 4.79 Å². The van der Waals surface area contributed by atoms with Crippen LogP contribution in [0.3, 0.4) is 0 Å². The molecule has 3 aromatic heterocycles. The lowest BCUT2D eigenvalue weighted by Gasteiger charge is -2.34. The molecule has 0 N–H and O–H groups in total. The van der Waals surface area contributed by atoms with Crippen molar-refractivity contribution in [1.29, 1.82) is 0 Å². The number of aromatic nitrogens is 2. The van der Waals surface area contributed by atoms with Crippen molar-refractivity contribution in [2.45, 2.75) is 26.8 Å². The van der Waals surface area contributed by atoms with Crippen LogP contribution in [-0.4, -0.2) is 51.3 Å².